The molecule has 1 fully saturated rings. The molecule has 2 heterocycles. The molecular weight excluding hydrogens is 408 g/mol. The van der Waals surface area contributed by atoms with E-state index in [-0.39, 0.29) is 11.8 Å². The van der Waals surface area contributed by atoms with Gasteiger partial charge in [-0.05, 0) is 57.8 Å². The molecule has 8 heteroatoms. The lowest BCUT2D eigenvalue weighted by molar-refractivity contribution is -0.121. The number of likely N-dealkylation sites (tertiary alicyclic amines) is 1. The lowest BCUT2D eigenvalue weighted by Crippen LogP contribution is -2.51. The zero-order valence-electron chi connectivity index (χ0n) is 18.8. The van der Waals surface area contributed by atoms with Crippen molar-refractivity contribution in [1.29, 1.82) is 5.26 Å². The molecule has 0 spiro atoms. The molecule has 0 aliphatic carbocycles. The fraction of sp³-hybridized carbons (Fsp3) is 0.565. The van der Waals surface area contributed by atoms with Crippen molar-refractivity contribution in [1.82, 2.24) is 25.0 Å². The third-order valence-corrected chi connectivity index (χ3v) is 6.99. The highest BCUT2D eigenvalue weighted by Crippen LogP contribution is 2.27. The highest BCUT2D eigenvalue weighted by molar-refractivity contribution is 8.00. The molecule has 2 aromatic rings. The first-order valence-electron chi connectivity index (χ1n) is 11.0. The minimum Gasteiger partial charge on any atom is -0.337 e. The van der Waals surface area contributed by atoms with Crippen LogP contribution in [0.15, 0.2) is 35.5 Å². The first-order valence-corrected chi connectivity index (χ1v) is 11.8. The first kappa shape index (κ1) is 23.3. The van der Waals surface area contributed by atoms with Crippen LogP contribution in [0.3, 0.4) is 0 Å². The van der Waals surface area contributed by atoms with Gasteiger partial charge in [0.05, 0.1) is 17.9 Å². The van der Waals surface area contributed by atoms with E-state index in [1.807, 2.05) is 51.1 Å². The highest BCUT2D eigenvalue weighted by Gasteiger charge is 2.32. The van der Waals surface area contributed by atoms with Crippen LogP contribution in [0.4, 0.5) is 0 Å². The predicted molar refractivity (Wildman–Crippen MR) is 123 cm³/mol. The van der Waals surface area contributed by atoms with Crippen molar-refractivity contribution in [3.05, 3.63) is 36.2 Å². The second-order valence-electron chi connectivity index (χ2n) is 8.62. The van der Waals surface area contributed by atoms with E-state index in [1.54, 1.807) is 6.92 Å². The molecular formula is C23H32N6OS. The lowest BCUT2D eigenvalue weighted by atomic mass is 9.90. The molecule has 7 nitrogen and oxygen atoms in total. The Morgan fingerprint density at radius 1 is 1.19 bits per heavy atom. The Labute approximate surface area is 189 Å². The molecule has 1 amide bonds. The van der Waals surface area contributed by atoms with E-state index >= 15 is 0 Å². The largest absolute Gasteiger partial charge is 0.337 e. The smallest absolute Gasteiger partial charge is 0.234 e. The number of piperidine rings is 1. The number of hydrogen-bond acceptors (Lipinski definition) is 6. The summed E-state index contributed by atoms with van der Waals surface area (Å²) in [6, 6.07) is 12.3. The van der Waals surface area contributed by atoms with Crippen molar-refractivity contribution in [3.63, 3.8) is 0 Å². The molecule has 1 aliphatic rings. The standard InChI is InChI=1S/C23H32N6OS/c1-17(2)23(4,16-24)25-21(30)18(3)31-22-27-26-20(15-28-13-9-6-10-14-28)29(22)19-11-7-5-8-12-19/h5,7-8,11-12,17-18H,6,9-10,13-15H2,1-4H3,(H,25,30). The minimum atomic E-state index is -0.904. The van der Waals surface area contributed by atoms with Gasteiger partial charge in [-0.3, -0.25) is 14.3 Å². The third kappa shape index (κ3) is 5.66. The number of rotatable bonds is 8. The maximum atomic E-state index is 12.8. The Morgan fingerprint density at radius 2 is 1.87 bits per heavy atom. The van der Waals surface area contributed by atoms with E-state index in [2.05, 4.69) is 31.1 Å². The lowest BCUT2D eigenvalue weighted by Gasteiger charge is -2.28. The van der Waals surface area contributed by atoms with E-state index in [9.17, 15) is 10.1 Å². The van der Waals surface area contributed by atoms with Crippen molar-refractivity contribution >= 4 is 17.7 Å². The van der Waals surface area contributed by atoms with Gasteiger partial charge in [-0.25, -0.2) is 0 Å². The number of benzene rings is 1. The van der Waals surface area contributed by atoms with E-state index < -0.39 is 10.8 Å². The van der Waals surface area contributed by atoms with Crippen molar-refractivity contribution in [2.45, 2.75) is 69.4 Å². The Balaban J connectivity index is 1.82. The monoisotopic (exact) mass is 440 g/mol. The molecule has 166 valence electrons. The molecule has 1 aromatic heterocycles. The van der Waals surface area contributed by atoms with Gasteiger partial charge in [0.15, 0.2) is 11.0 Å². The van der Waals surface area contributed by atoms with Gasteiger partial charge in [-0.2, -0.15) is 5.26 Å². The number of aromatic nitrogens is 3. The number of amides is 1. The molecule has 1 aromatic carbocycles. The number of hydrogen-bond donors (Lipinski definition) is 1. The maximum Gasteiger partial charge on any atom is 0.234 e. The van der Waals surface area contributed by atoms with Crippen molar-refractivity contribution < 1.29 is 4.79 Å². The van der Waals surface area contributed by atoms with Crippen LogP contribution in [0.25, 0.3) is 5.69 Å². The summed E-state index contributed by atoms with van der Waals surface area (Å²) in [5, 5.41) is 21.6. The fourth-order valence-electron chi connectivity index (χ4n) is 3.50. The van der Waals surface area contributed by atoms with Crippen LogP contribution < -0.4 is 5.32 Å². The maximum absolute atomic E-state index is 12.8. The van der Waals surface area contributed by atoms with Gasteiger partial charge >= 0.3 is 0 Å². The van der Waals surface area contributed by atoms with Crippen LogP contribution in [-0.4, -0.2) is 49.4 Å². The summed E-state index contributed by atoms with van der Waals surface area (Å²) in [7, 11) is 0. The van der Waals surface area contributed by atoms with Crippen molar-refractivity contribution in [3.8, 4) is 11.8 Å². The fourth-order valence-corrected chi connectivity index (χ4v) is 4.39. The Hall–Kier alpha value is -2.37. The van der Waals surface area contributed by atoms with Crippen LogP contribution in [0.5, 0.6) is 0 Å². The van der Waals surface area contributed by atoms with E-state index in [0.29, 0.717) is 5.16 Å². The second kappa shape index (κ2) is 10.3. The van der Waals surface area contributed by atoms with Crippen LogP contribution >= 0.6 is 11.8 Å². The quantitative estimate of drug-likeness (QED) is 0.629. The Bertz CT molecular complexity index is 916. The topological polar surface area (TPSA) is 86.8 Å². The SMILES string of the molecule is CC(Sc1nnc(CN2CCCCC2)n1-c1ccccc1)C(=O)NC(C)(C#N)C(C)C. The van der Waals surface area contributed by atoms with Crippen LogP contribution in [0, 0.1) is 17.2 Å². The van der Waals surface area contributed by atoms with E-state index in [0.717, 1.165) is 31.1 Å². The average molecular weight is 441 g/mol. The van der Waals surface area contributed by atoms with Crippen LogP contribution in [0.2, 0.25) is 0 Å². The van der Waals surface area contributed by atoms with Crippen LogP contribution in [0.1, 0.15) is 52.8 Å². The number of thioether (sulfide) groups is 1. The Kier molecular flexibility index (Phi) is 7.74. The molecule has 1 aliphatic heterocycles. The second-order valence-corrected chi connectivity index (χ2v) is 9.93. The number of nitrogens with zero attached hydrogens (tertiary/aromatic N) is 5. The van der Waals surface area contributed by atoms with Gasteiger partial charge in [-0.15, -0.1) is 10.2 Å². The molecule has 2 unspecified atom stereocenters. The predicted octanol–water partition coefficient (Wildman–Crippen LogP) is 3.79. The summed E-state index contributed by atoms with van der Waals surface area (Å²) >= 11 is 1.37. The summed E-state index contributed by atoms with van der Waals surface area (Å²) in [6.07, 6.45) is 3.71. The first-order chi connectivity index (χ1) is 14.8. The van der Waals surface area contributed by atoms with Gasteiger partial charge in [0.2, 0.25) is 5.91 Å². The molecule has 2 atom stereocenters. The normalized spacial score (nSPS) is 17.7. The van der Waals surface area contributed by atoms with Crippen LogP contribution in [-0.2, 0) is 11.3 Å². The van der Waals surface area contributed by atoms with Gasteiger partial charge in [-0.1, -0.05) is 50.2 Å². The molecule has 0 saturated carbocycles. The number of para-hydroxylation sites is 1. The molecule has 3 rings (SSSR count). The molecule has 0 radical (unpaired) electrons. The molecule has 0 bridgehead atoms. The molecule has 31 heavy (non-hydrogen) atoms. The zero-order valence-corrected chi connectivity index (χ0v) is 19.7. The number of nitriles is 1. The number of carbonyl (C=O) groups excluding carboxylic acids is 1. The average Bonchev–Trinajstić information content (AvgIpc) is 3.16. The minimum absolute atomic E-state index is 0.00256. The summed E-state index contributed by atoms with van der Waals surface area (Å²) in [5.74, 6) is 0.706. The summed E-state index contributed by atoms with van der Waals surface area (Å²) in [5.41, 5.74) is 0.0805. The summed E-state index contributed by atoms with van der Waals surface area (Å²) in [4.78, 5) is 15.3. The molecule has 1 saturated heterocycles. The van der Waals surface area contributed by atoms with Gasteiger partial charge < -0.3 is 5.32 Å². The van der Waals surface area contributed by atoms with Gasteiger partial charge in [0.1, 0.15) is 5.54 Å². The summed E-state index contributed by atoms with van der Waals surface area (Å²) in [6.45, 7) is 10.3. The van der Waals surface area contributed by atoms with E-state index in [1.165, 1.54) is 31.0 Å². The van der Waals surface area contributed by atoms with Gasteiger partial charge in [0, 0.05) is 5.69 Å². The van der Waals surface area contributed by atoms with Gasteiger partial charge in [0.25, 0.3) is 0 Å². The number of carbonyl (C=O) groups is 1. The Morgan fingerprint density at radius 3 is 2.48 bits per heavy atom. The summed E-state index contributed by atoms with van der Waals surface area (Å²) < 4.78 is 2.05. The molecule has 1 N–H and O–H groups in total. The zero-order chi connectivity index (χ0) is 22.4. The number of nitrogens with one attached hydrogen (secondary N) is 1. The highest BCUT2D eigenvalue weighted by atomic mass is 32.2. The van der Waals surface area contributed by atoms with Crippen molar-refractivity contribution in [2.24, 2.45) is 5.92 Å². The van der Waals surface area contributed by atoms with Crippen molar-refractivity contribution in [2.75, 3.05) is 13.1 Å². The third-order valence-electron chi connectivity index (χ3n) is 5.95. The van der Waals surface area contributed by atoms with E-state index in [4.69, 9.17) is 0 Å².